The molecule has 0 spiro atoms. The van der Waals surface area contributed by atoms with E-state index in [-0.39, 0.29) is 0 Å². The Balaban J connectivity index is 1.54. The van der Waals surface area contributed by atoms with Gasteiger partial charge in [-0.15, -0.1) is 16.4 Å². The zero-order valence-electron chi connectivity index (χ0n) is 14.7. The molecule has 0 fully saturated rings. The van der Waals surface area contributed by atoms with Gasteiger partial charge in [0.1, 0.15) is 16.4 Å². The van der Waals surface area contributed by atoms with Crippen LogP contribution in [0.5, 0.6) is 5.75 Å². The summed E-state index contributed by atoms with van der Waals surface area (Å²) in [4.78, 5) is 9.01. The molecule has 7 nitrogen and oxygen atoms in total. The van der Waals surface area contributed by atoms with Crippen LogP contribution in [-0.2, 0) is 5.75 Å². The molecule has 0 N–H and O–H groups in total. The van der Waals surface area contributed by atoms with E-state index in [1.807, 2.05) is 48.7 Å². The van der Waals surface area contributed by atoms with Gasteiger partial charge in [0.05, 0.1) is 18.5 Å². The van der Waals surface area contributed by atoms with Crippen molar-refractivity contribution >= 4 is 23.1 Å². The van der Waals surface area contributed by atoms with Gasteiger partial charge >= 0.3 is 0 Å². The lowest BCUT2D eigenvalue weighted by Gasteiger charge is -2.10. The summed E-state index contributed by atoms with van der Waals surface area (Å²) in [7, 11) is 1.64. The Bertz CT molecular complexity index is 1050. The van der Waals surface area contributed by atoms with Gasteiger partial charge in [0.25, 0.3) is 0 Å². The summed E-state index contributed by atoms with van der Waals surface area (Å²) >= 11 is 3.11. The number of tetrazole rings is 1. The van der Waals surface area contributed by atoms with Crippen molar-refractivity contribution in [2.24, 2.45) is 0 Å². The molecule has 0 saturated carbocycles. The zero-order chi connectivity index (χ0) is 18.6. The Morgan fingerprint density at radius 1 is 1.22 bits per heavy atom. The van der Waals surface area contributed by atoms with E-state index in [4.69, 9.17) is 4.74 Å². The first-order chi connectivity index (χ1) is 13.2. The van der Waals surface area contributed by atoms with Crippen LogP contribution in [0.4, 0.5) is 0 Å². The fourth-order valence-corrected chi connectivity index (χ4v) is 4.18. The Morgan fingerprint density at radius 3 is 2.96 bits per heavy atom. The molecular weight excluding hydrogens is 380 g/mol. The normalized spacial score (nSPS) is 10.9. The average Bonchev–Trinajstić information content (AvgIpc) is 3.36. The standard InChI is InChI=1S/C18H16N6OS2/c1-12-6-7-16(25-2)15(9-12)24-18(21-22-23-24)27-11-13-10-26-17(20-13)14-5-3-4-8-19-14/h3-10H,11H2,1-2H3. The Kier molecular flexibility index (Phi) is 5.12. The molecule has 4 rings (SSSR count). The summed E-state index contributed by atoms with van der Waals surface area (Å²) in [5.41, 5.74) is 3.78. The van der Waals surface area contributed by atoms with E-state index in [2.05, 4.69) is 25.5 Å². The van der Waals surface area contributed by atoms with E-state index in [1.165, 1.54) is 11.8 Å². The molecule has 0 aliphatic carbocycles. The fourth-order valence-electron chi connectivity index (χ4n) is 2.50. The van der Waals surface area contributed by atoms with Gasteiger partial charge in [-0.25, -0.2) is 4.98 Å². The van der Waals surface area contributed by atoms with Crippen LogP contribution in [0.3, 0.4) is 0 Å². The number of rotatable bonds is 6. The smallest absolute Gasteiger partial charge is 0.214 e. The molecule has 27 heavy (non-hydrogen) atoms. The van der Waals surface area contributed by atoms with Gasteiger partial charge in [-0.1, -0.05) is 23.9 Å². The van der Waals surface area contributed by atoms with Crippen molar-refractivity contribution in [1.82, 2.24) is 30.2 Å². The van der Waals surface area contributed by atoms with Gasteiger partial charge < -0.3 is 4.74 Å². The van der Waals surface area contributed by atoms with Crippen molar-refractivity contribution in [2.45, 2.75) is 17.8 Å². The van der Waals surface area contributed by atoms with Crippen LogP contribution in [0.2, 0.25) is 0 Å². The van der Waals surface area contributed by atoms with Gasteiger partial charge in [0.2, 0.25) is 5.16 Å². The number of benzene rings is 1. The number of thioether (sulfide) groups is 1. The maximum absolute atomic E-state index is 5.45. The molecule has 0 radical (unpaired) electrons. The van der Waals surface area contributed by atoms with Crippen molar-refractivity contribution in [3.63, 3.8) is 0 Å². The summed E-state index contributed by atoms with van der Waals surface area (Å²) < 4.78 is 7.15. The molecule has 0 aliphatic rings. The second-order valence-electron chi connectivity index (χ2n) is 5.70. The van der Waals surface area contributed by atoms with E-state index in [1.54, 1.807) is 29.3 Å². The first-order valence-corrected chi connectivity index (χ1v) is 10.0. The topological polar surface area (TPSA) is 78.6 Å². The second kappa shape index (κ2) is 7.85. The molecule has 136 valence electrons. The van der Waals surface area contributed by atoms with Crippen LogP contribution in [0.25, 0.3) is 16.4 Å². The van der Waals surface area contributed by atoms with Crippen LogP contribution < -0.4 is 4.74 Å². The highest BCUT2D eigenvalue weighted by atomic mass is 32.2. The zero-order valence-corrected chi connectivity index (χ0v) is 16.4. The first-order valence-electron chi connectivity index (χ1n) is 8.16. The van der Waals surface area contributed by atoms with E-state index >= 15 is 0 Å². The van der Waals surface area contributed by atoms with Crippen molar-refractivity contribution < 1.29 is 4.74 Å². The molecule has 9 heteroatoms. The Hall–Kier alpha value is -2.78. The highest BCUT2D eigenvalue weighted by Crippen LogP contribution is 2.29. The molecular formula is C18H16N6OS2. The largest absolute Gasteiger partial charge is 0.494 e. The summed E-state index contributed by atoms with van der Waals surface area (Å²) in [5.74, 6) is 1.39. The third-order valence-corrected chi connectivity index (χ3v) is 5.65. The number of pyridine rings is 1. The molecule has 0 aliphatic heterocycles. The second-order valence-corrected chi connectivity index (χ2v) is 7.50. The molecule has 0 atom stereocenters. The molecule has 0 bridgehead atoms. The maximum Gasteiger partial charge on any atom is 0.214 e. The van der Waals surface area contributed by atoms with E-state index in [0.717, 1.165) is 33.4 Å². The minimum atomic E-state index is 0.665. The Labute approximate surface area is 164 Å². The van der Waals surface area contributed by atoms with Crippen LogP contribution in [0.1, 0.15) is 11.3 Å². The lowest BCUT2D eigenvalue weighted by atomic mass is 10.2. The van der Waals surface area contributed by atoms with Gasteiger partial charge in [-0.2, -0.15) is 4.68 Å². The van der Waals surface area contributed by atoms with Gasteiger partial charge in [0, 0.05) is 17.3 Å². The molecule has 4 aromatic rings. The number of hydrogen-bond acceptors (Lipinski definition) is 8. The van der Waals surface area contributed by atoms with Gasteiger partial charge in [0.15, 0.2) is 0 Å². The summed E-state index contributed by atoms with van der Waals surface area (Å²) in [5, 5.41) is 15.7. The van der Waals surface area contributed by atoms with Crippen LogP contribution in [-0.4, -0.2) is 37.3 Å². The first kappa shape index (κ1) is 17.6. The van der Waals surface area contributed by atoms with Crippen molar-refractivity contribution in [3.8, 4) is 22.1 Å². The predicted octanol–water partition coefficient (Wildman–Crippen LogP) is 3.79. The van der Waals surface area contributed by atoms with E-state index in [0.29, 0.717) is 10.9 Å². The third kappa shape index (κ3) is 3.83. The molecule has 0 unspecified atom stereocenters. The van der Waals surface area contributed by atoms with Crippen molar-refractivity contribution in [1.29, 1.82) is 0 Å². The van der Waals surface area contributed by atoms with Gasteiger partial charge in [-0.3, -0.25) is 4.98 Å². The Morgan fingerprint density at radius 2 is 2.15 bits per heavy atom. The predicted molar refractivity (Wildman–Crippen MR) is 105 cm³/mol. The van der Waals surface area contributed by atoms with Crippen molar-refractivity contribution in [3.05, 3.63) is 59.2 Å². The van der Waals surface area contributed by atoms with E-state index < -0.39 is 0 Å². The average molecular weight is 397 g/mol. The SMILES string of the molecule is COc1ccc(C)cc1-n1nnnc1SCc1csc(-c2ccccn2)n1. The minimum absolute atomic E-state index is 0.665. The summed E-state index contributed by atoms with van der Waals surface area (Å²) in [6, 6.07) is 11.7. The molecule has 0 saturated heterocycles. The number of thiazole rings is 1. The number of hydrogen-bond donors (Lipinski definition) is 0. The number of ether oxygens (including phenoxy) is 1. The minimum Gasteiger partial charge on any atom is -0.494 e. The number of methoxy groups -OCH3 is 1. The molecule has 0 amide bonds. The summed E-state index contributed by atoms with van der Waals surface area (Å²) in [6.45, 7) is 2.02. The van der Waals surface area contributed by atoms with Crippen molar-refractivity contribution in [2.75, 3.05) is 7.11 Å². The monoisotopic (exact) mass is 396 g/mol. The molecule has 1 aromatic carbocycles. The number of aromatic nitrogens is 6. The molecule has 3 heterocycles. The fraction of sp³-hybridized carbons (Fsp3) is 0.167. The number of aryl methyl sites for hydroxylation is 1. The van der Waals surface area contributed by atoms with Crippen LogP contribution in [0, 0.1) is 6.92 Å². The number of nitrogens with zero attached hydrogens (tertiary/aromatic N) is 6. The van der Waals surface area contributed by atoms with E-state index in [9.17, 15) is 0 Å². The highest BCUT2D eigenvalue weighted by molar-refractivity contribution is 7.98. The third-order valence-electron chi connectivity index (χ3n) is 3.79. The highest BCUT2D eigenvalue weighted by Gasteiger charge is 2.15. The van der Waals surface area contributed by atoms with Gasteiger partial charge in [-0.05, 0) is 47.2 Å². The summed E-state index contributed by atoms with van der Waals surface area (Å²) in [6.07, 6.45) is 1.77. The lowest BCUT2D eigenvalue weighted by molar-refractivity contribution is 0.410. The van der Waals surface area contributed by atoms with Crippen LogP contribution >= 0.6 is 23.1 Å². The molecule has 3 aromatic heterocycles. The quantitative estimate of drug-likeness (QED) is 0.459. The van der Waals surface area contributed by atoms with Crippen LogP contribution in [0.15, 0.2) is 53.1 Å². The maximum atomic E-state index is 5.45. The lowest BCUT2D eigenvalue weighted by Crippen LogP contribution is -2.02.